The van der Waals surface area contributed by atoms with Crippen molar-refractivity contribution in [2.24, 2.45) is 0 Å². The van der Waals surface area contributed by atoms with Crippen LogP contribution in [0.2, 0.25) is 0 Å². The number of nitrogens with one attached hydrogen (secondary N) is 1. The molecule has 0 bridgehead atoms. The van der Waals surface area contributed by atoms with Gasteiger partial charge in [-0.25, -0.2) is 4.98 Å². The first-order valence-electron chi connectivity index (χ1n) is 9.33. The molecule has 6 nitrogen and oxygen atoms in total. The summed E-state index contributed by atoms with van der Waals surface area (Å²) in [5, 5.41) is 2.82. The van der Waals surface area contributed by atoms with Gasteiger partial charge in [0.25, 0.3) is 5.56 Å². The van der Waals surface area contributed by atoms with Crippen molar-refractivity contribution < 1.29 is 4.79 Å². The molecule has 0 aliphatic rings. The van der Waals surface area contributed by atoms with E-state index in [1.54, 1.807) is 0 Å². The van der Waals surface area contributed by atoms with Crippen LogP contribution in [0.1, 0.15) is 25.3 Å². The third kappa shape index (κ3) is 3.95. The Balaban J connectivity index is 1.54. The van der Waals surface area contributed by atoms with Crippen LogP contribution in [-0.2, 0) is 11.3 Å². The Bertz CT molecular complexity index is 1210. The molecule has 0 saturated carbocycles. The molecule has 4 rings (SSSR count). The van der Waals surface area contributed by atoms with E-state index in [-0.39, 0.29) is 18.0 Å². The van der Waals surface area contributed by atoms with Crippen molar-refractivity contribution in [2.75, 3.05) is 5.32 Å². The van der Waals surface area contributed by atoms with Crippen molar-refractivity contribution in [1.82, 2.24) is 13.9 Å². The molecule has 1 N–H and O–H groups in total. The summed E-state index contributed by atoms with van der Waals surface area (Å²) in [6.07, 6.45) is 1.41. The second-order valence-electron chi connectivity index (χ2n) is 7.08. The Hall–Kier alpha value is -3.32. The summed E-state index contributed by atoms with van der Waals surface area (Å²) in [6.45, 7) is 4.13. The highest BCUT2D eigenvalue weighted by molar-refractivity contribution is 7.13. The van der Waals surface area contributed by atoms with E-state index >= 15 is 0 Å². The molecule has 2 aromatic carbocycles. The van der Waals surface area contributed by atoms with Crippen molar-refractivity contribution in [3.05, 3.63) is 76.8 Å². The minimum absolute atomic E-state index is 0.105. The Morgan fingerprint density at radius 3 is 2.52 bits per heavy atom. The van der Waals surface area contributed by atoms with Crippen LogP contribution in [0.4, 0.5) is 5.69 Å². The molecule has 7 heteroatoms. The molecule has 0 fully saturated rings. The van der Waals surface area contributed by atoms with Crippen LogP contribution in [0.5, 0.6) is 0 Å². The molecule has 2 heterocycles. The monoisotopic (exact) mass is 404 g/mol. The average Bonchev–Trinajstić information content (AvgIpc) is 3.16. The van der Waals surface area contributed by atoms with E-state index < -0.39 is 0 Å². The summed E-state index contributed by atoms with van der Waals surface area (Å²) in [5.41, 5.74) is 3.79. The van der Waals surface area contributed by atoms with E-state index in [2.05, 4.69) is 28.5 Å². The van der Waals surface area contributed by atoms with E-state index in [0.29, 0.717) is 27.5 Å². The van der Waals surface area contributed by atoms with Crippen LogP contribution < -0.4 is 10.9 Å². The number of anilines is 1. The van der Waals surface area contributed by atoms with Crippen molar-refractivity contribution in [2.45, 2.75) is 26.3 Å². The fourth-order valence-corrected chi connectivity index (χ4v) is 3.87. The number of aromatic nitrogens is 3. The second kappa shape index (κ2) is 7.97. The van der Waals surface area contributed by atoms with Crippen molar-refractivity contribution >= 4 is 33.3 Å². The quantitative estimate of drug-likeness (QED) is 0.539. The van der Waals surface area contributed by atoms with Gasteiger partial charge in [-0.05, 0) is 35.1 Å². The number of fused-ring (bicyclic) bond motifs is 1. The lowest BCUT2D eigenvalue weighted by Crippen LogP contribution is -2.27. The minimum Gasteiger partial charge on any atom is -0.325 e. The zero-order valence-electron chi connectivity index (χ0n) is 16.1. The van der Waals surface area contributed by atoms with Gasteiger partial charge in [-0.1, -0.05) is 56.3 Å². The molecular formula is C22H20N4O2S. The van der Waals surface area contributed by atoms with E-state index in [9.17, 15) is 9.59 Å². The first kappa shape index (κ1) is 19.0. The summed E-state index contributed by atoms with van der Waals surface area (Å²) in [6, 6.07) is 17.3. The lowest BCUT2D eigenvalue weighted by atomic mass is 10.0. The maximum Gasteiger partial charge on any atom is 0.273 e. The maximum absolute atomic E-state index is 12.8. The number of nitrogens with zero attached hydrogens (tertiary/aromatic N) is 3. The Kier molecular flexibility index (Phi) is 5.22. The molecule has 146 valence electrons. The Morgan fingerprint density at radius 1 is 1.10 bits per heavy atom. The highest BCUT2D eigenvalue weighted by Crippen LogP contribution is 2.26. The normalized spacial score (nSPS) is 11.1. The summed E-state index contributed by atoms with van der Waals surface area (Å²) < 4.78 is 6.16. The summed E-state index contributed by atoms with van der Waals surface area (Å²) in [4.78, 5) is 29.6. The Morgan fingerprint density at radius 2 is 1.83 bits per heavy atom. The van der Waals surface area contributed by atoms with Gasteiger partial charge in [0.1, 0.15) is 22.5 Å². The molecule has 4 aromatic rings. The lowest BCUT2D eigenvalue weighted by molar-refractivity contribution is -0.116. The Labute approximate surface area is 172 Å². The highest BCUT2D eigenvalue weighted by Gasteiger charge is 2.15. The molecule has 2 aromatic heterocycles. The fraction of sp³-hybridized carbons (Fsp3) is 0.182. The zero-order chi connectivity index (χ0) is 20.4. The topological polar surface area (TPSA) is 76.9 Å². The van der Waals surface area contributed by atoms with E-state index in [4.69, 9.17) is 0 Å². The molecular weight excluding hydrogens is 384 g/mol. The number of benzene rings is 2. The van der Waals surface area contributed by atoms with Gasteiger partial charge in [0.2, 0.25) is 5.91 Å². The summed E-state index contributed by atoms with van der Waals surface area (Å²) in [5.74, 6) is 0.148. The number of hydrogen-bond acceptors (Lipinski definition) is 5. The molecule has 0 aliphatic carbocycles. The molecule has 1 amide bonds. The predicted octanol–water partition coefficient (Wildman–Crippen LogP) is 4.28. The molecule has 0 radical (unpaired) electrons. The second-order valence-corrected chi connectivity index (χ2v) is 7.85. The molecule has 0 atom stereocenters. The largest absolute Gasteiger partial charge is 0.325 e. The third-order valence-electron chi connectivity index (χ3n) is 4.67. The average molecular weight is 404 g/mol. The standard InChI is InChI=1S/C22H20N4O2S/c1-14(2)15-8-10-17(11-9-15)24-18(27)12-26-13-23-20-19(16-6-4-3-5-7-16)25-29-21(20)22(26)28/h3-11,13-14H,12H2,1-2H3,(H,24,27). The van der Waals surface area contributed by atoms with Gasteiger partial charge >= 0.3 is 0 Å². The lowest BCUT2D eigenvalue weighted by Gasteiger charge is -2.09. The van der Waals surface area contributed by atoms with E-state index in [0.717, 1.165) is 17.1 Å². The number of rotatable bonds is 5. The first-order valence-corrected chi connectivity index (χ1v) is 10.1. The number of hydrogen-bond donors (Lipinski definition) is 1. The maximum atomic E-state index is 12.8. The van der Waals surface area contributed by atoms with Crippen LogP contribution in [-0.4, -0.2) is 19.8 Å². The van der Waals surface area contributed by atoms with Gasteiger partial charge in [-0.2, -0.15) is 4.37 Å². The zero-order valence-corrected chi connectivity index (χ0v) is 16.9. The van der Waals surface area contributed by atoms with Gasteiger partial charge in [0.05, 0.1) is 6.33 Å². The van der Waals surface area contributed by atoms with Crippen LogP contribution >= 0.6 is 11.5 Å². The molecule has 0 saturated heterocycles. The fourth-order valence-electron chi connectivity index (χ4n) is 3.06. The predicted molar refractivity (Wildman–Crippen MR) is 116 cm³/mol. The summed E-state index contributed by atoms with van der Waals surface area (Å²) >= 11 is 1.11. The van der Waals surface area contributed by atoms with Gasteiger partial charge in [0, 0.05) is 11.3 Å². The number of carbonyl (C=O) groups excluding carboxylic acids is 1. The number of carbonyl (C=O) groups is 1. The van der Waals surface area contributed by atoms with Crippen molar-refractivity contribution in [1.29, 1.82) is 0 Å². The van der Waals surface area contributed by atoms with Crippen molar-refractivity contribution in [3.63, 3.8) is 0 Å². The molecule has 0 spiro atoms. The SMILES string of the molecule is CC(C)c1ccc(NC(=O)Cn2cnc3c(-c4ccccc4)nsc3c2=O)cc1. The van der Waals surface area contributed by atoms with Crippen molar-refractivity contribution in [3.8, 4) is 11.3 Å². The van der Waals surface area contributed by atoms with E-state index in [1.165, 1.54) is 16.5 Å². The molecule has 0 unspecified atom stereocenters. The number of amides is 1. The molecule has 0 aliphatic heterocycles. The van der Waals surface area contributed by atoms with Gasteiger partial charge in [0.15, 0.2) is 0 Å². The molecule has 29 heavy (non-hydrogen) atoms. The van der Waals surface area contributed by atoms with Crippen LogP contribution in [0.3, 0.4) is 0 Å². The highest BCUT2D eigenvalue weighted by atomic mass is 32.1. The van der Waals surface area contributed by atoms with E-state index in [1.807, 2.05) is 54.6 Å². The van der Waals surface area contributed by atoms with Crippen LogP contribution in [0.25, 0.3) is 21.5 Å². The van der Waals surface area contributed by atoms with Gasteiger partial charge < -0.3 is 5.32 Å². The van der Waals surface area contributed by atoms with Gasteiger partial charge in [-0.3, -0.25) is 14.2 Å². The first-order chi connectivity index (χ1) is 14.0. The van der Waals surface area contributed by atoms with Gasteiger partial charge in [-0.15, -0.1) is 0 Å². The third-order valence-corrected chi connectivity index (χ3v) is 5.50. The van der Waals surface area contributed by atoms with Crippen LogP contribution in [0, 0.1) is 0 Å². The summed E-state index contributed by atoms with van der Waals surface area (Å²) in [7, 11) is 0. The minimum atomic E-state index is -0.279. The van der Waals surface area contributed by atoms with Crippen LogP contribution in [0.15, 0.2) is 65.7 Å². The smallest absolute Gasteiger partial charge is 0.273 e.